The lowest BCUT2D eigenvalue weighted by molar-refractivity contribution is 1.20. The summed E-state index contributed by atoms with van der Waals surface area (Å²) in [5.41, 5.74) is 3.67. The molecule has 0 amide bonds. The van der Waals surface area contributed by atoms with Crippen molar-refractivity contribution in [2.45, 2.75) is 6.92 Å². The monoisotopic (exact) mass is 207 g/mol. The first-order valence-electron chi connectivity index (χ1n) is 5.07. The molecule has 76 valence electrons. The molecule has 0 fully saturated rings. The summed E-state index contributed by atoms with van der Waals surface area (Å²) in [7, 11) is 0. The van der Waals surface area contributed by atoms with E-state index in [1.54, 1.807) is 6.33 Å². The first-order valence-corrected chi connectivity index (χ1v) is 5.07. The average molecular weight is 207 g/mol. The van der Waals surface area contributed by atoms with Gasteiger partial charge in [-0.1, -0.05) is 18.2 Å². The second-order valence-corrected chi connectivity index (χ2v) is 3.77. The van der Waals surface area contributed by atoms with E-state index in [9.17, 15) is 0 Å². The molecule has 0 radical (unpaired) electrons. The largest absolute Gasteiger partial charge is 0.299 e. The molecule has 0 saturated carbocycles. The van der Waals surface area contributed by atoms with Gasteiger partial charge in [0.25, 0.3) is 0 Å². The van der Waals surface area contributed by atoms with Gasteiger partial charge in [0, 0.05) is 5.39 Å². The van der Waals surface area contributed by atoms with E-state index < -0.39 is 0 Å². The van der Waals surface area contributed by atoms with Gasteiger partial charge in [-0.25, -0.2) is 4.98 Å². The van der Waals surface area contributed by atoms with Crippen LogP contribution in [-0.4, -0.2) is 9.38 Å². The first-order chi connectivity index (χ1) is 7.81. The van der Waals surface area contributed by atoms with E-state index in [1.807, 2.05) is 41.7 Å². The third-order valence-electron chi connectivity index (χ3n) is 2.85. The number of imidazole rings is 1. The minimum absolute atomic E-state index is 0.701. The third kappa shape index (κ3) is 1.04. The van der Waals surface area contributed by atoms with Crippen LogP contribution in [0.25, 0.3) is 16.4 Å². The molecular weight excluding hydrogens is 198 g/mol. The number of benzene rings is 1. The summed E-state index contributed by atoms with van der Waals surface area (Å²) in [4.78, 5) is 4.27. The van der Waals surface area contributed by atoms with Gasteiger partial charge in [-0.15, -0.1) is 0 Å². The van der Waals surface area contributed by atoms with Crippen molar-refractivity contribution in [2.24, 2.45) is 0 Å². The van der Waals surface area contributed by atoms with Gasteiger partial charge in [0.2, 0.25) is 0 Å². The number of nitriles is 1. The molecular formula is C13H9N3. The summed E-state index contributed by atoms with van der Waals surface area (Å²) in [6.45, 7) is 1.95. The molecule has 3 heteroatoms. The average Bonchev–Trinajstić information content (AvgIpc) is 2.70. The predicted molar refractivity (Wildman–Crippen MR) is 62.2 cm³/mol. The minimum atomic E-state index is 0.701. The SMILES string of the molecule is Cc1ncn2c1cc(C#N)c1ccccc12. The highest BCUT2D eigenvalue weighted by atomic mass is 15.0. The van der Waals surface area contributed by atoms with Crippen LogP contribution in [0.1, 0.15) is 11.3 Å². The topological polar surface area (TPSA) is 41.1 Å². The zero-order valence-corrected chi connectivity index (χ0v) is 8.81. The number of hydrogen-bond acceptors (Lipinski definition) is 2. The second kappa shape index (κ2) is 3.07. The van der Waals surface area contributed by atoms with Gasteiger partial charge in [0.15, 0.2) is 0 Å². The van der Waals surface area contributed by atoms with Gasteiger partial charge in [-0.05, 0) is 19.1 Å². The van der Waals surface area contributed by atoms with Crippen molar-refractivity contribution >= 4 is 16.4 Å². The number of nitrogens with zero attached hydrogens (tertiary/aromatic N) is 3. The van der Waals surface area contributed by atoms with Crippen LogP contribution in [0.15, 0.2) is 36.7 Å². The maximum absolute atomic E-state index is 9.14. The smallest absolute Gasteiger partial charge is 0.1000 e. The lowest BCUT2D eigenvalue weighted by Gasteiger charge is -2.04. The molecule has 2 heterocycles. The van der Waals surface area contributed by atoms with Crippen molar-refractivity contribution in [3.05, 3.63) is 47.9 Å². The van der Waals surface area contributed by atoms with Crippen molar-refractivity contribution in [3.63, 3.8) is 0 Å². The fourth-order valence-corrected chi connectivity index (χ4v) is 2.03. The Bertz CT molecular complexity index is 732. The lowest BCUT2D eigenvalue weighted by Crippen LogP contribution is -1.90. The van der Waals surface area contributed by atoms with E-state index in [0.29, 0.717) is 5.56 Å². The Morgan fingerprint density at radius 1 is 1.25 bits per heavy atom. The molecule has 1 aromatic carbocycles. The maximum Gasteiger partial charge on any atom is 0.1000 e. The van der Waals surface area contributed by atoms with Crippen molar-refractivity contribution in [1.29, 1.82) is 5.26 Å². The normalized spacial score (nSPS) is 10.8. The predicted octanol–water partition coefficient (Wildman–Crippen LogP) is 2.67. The Morgan fingerprint density at radius 3 is 2.88 bits per heavy atom. The second-order valence-electron chi connectivity index (χ2n) is 3.77. The molecule has 3 nitrogen and oxygen atoms in total. The van der Waals surface area contributed by atoms with Gasteiger partial charge < -0.3 is 0 Å². The van der Waals surface area contributed by atoms with Crippen LogP contribution in [0.4, 0.5) is 0 Å². The number of aromatic nitrogens is 2. The Morgan fingerprint density at radius 2 is 2.06 bits per heavy atom. The zero-order chi connectivity index (χ0) is 11.1. The summed E-state index contributed by atoms with van der Waals surface area (Å²) < 4.78 is 2.02. The molecule has 3 rings (SSSR count). The van der Waals surface area contributed by atoms with Crippen LogP contribution < -0.4 is 0 Å². The van der Waals surface area contributed by atoms with Crippen LogP contribution >= 0.6 is 0 Å². The van der Waals surface area contributed by atoms with Gasteiger partial charge in [0.1, 0.15) is 0 Å². The van der Waals surface area contributed by atoms with Crippen LogP contribution in [0.3, 0.4) is 0 Å². The summed E-state index contributed by atoms with van der Waals surface area (Å²) in [5.74, 6) is 0. The Balaban J connectivity index is 2.65. The molecule has 0 bridgehead atoms. The van der Waals surface area contributed by atoms with Gasteiger partial charge in [-0.3, -0.25) is 4.40 Å². The molecule has 3 aromatic rings. The molecule has 0 aliphatic rings. The molecule has 0 aliphatic heterocycles. The first kappa shape index (κ1) is 8.93. The van der Waals surface area contributed by atoms with Crippen molar-refractivity contribution < 1.29 is 0 Å². The van der Waals surface area contributed by atoms with E-state index >= 15 is 0 Å². The van der Waals surface area contributed by atoms with E-state index in [2.05, 4.69) is 11.1 Å². The number of aryl methyl sites for hydroxylation is 1. The van der Waals surface area contributed by atoms with Crippen LogP contribution in [0, 0.1) is 18.3 Å². The van der Waals surface area contributed by atoms with E-state index in [-0.39, 0.29) is 0 Å². The van der Waals surface area contributed by atoms with Gasteiger partial charge >= 0.3 is 0 Å². The Labute approximate surface area is 92.6 Å². The molecule has 0 saturated heterocycles. The van der Waals surface area contributed by atoms with Crippen molar-refractivity contribution in [3.8, 4) is 6.07 Å². The highest BCUT2D eigenvalue weighted by Crippen LogP contribution is 2.22. The van der Waals surface area contributed by atoms with Crippen molar-refractivity contribution in [1.82, 2.24) is 9.38 Å². The number of rotatable bonds is 0. The molecule has 0 unspecified atom stereocenters. The third-order valence-corrected chi connectivity index (χ3v) is 2.85. The molecule has 0 spiro atoms. The Kier molecular flexibility index (Phi) is 1.72. The highest BCUT2D eigenvalue weighted by molar-refractivity contribution is 5.88. The molecule has 2 aromatic heterocycles. The summed E-state index contributed by atoms with van der Waals surface area (Å²) in [6.07, 6.45) is 1.80. The zero-order valence-electron chi connectivity index (χ0n) is 8.81. The molecule has 16 heavy (non-hydrogen) atoms. The van der Waals surface area contributed by atoms with Crippen LogP contribution in [0.2, 0.25) is 0 Å². The van der Waals surface area contributed by atoms with Crippen molar-refractivity contribution in [2.75, 3.05) is 0 Å². The molecule has 0 N–H and O–H groups in total. The lowest BCUT2D eigenvalue weighted by atomic mass is 10.1. The summed E-state index contributed by atoms with van der Waals surface area (Å²) in [6, 6.07) is 12.0. The summed E-state index contributed by atoms with van der Waals surface area (Å²) in [5, 5.41) is 10.1. The van der Waals surface area contributed by atoms with Crippen LogP contribution in [0.5, 0.6) is 0 Å². The Hall–Kier alpha value is -2.34. The number of fused-ring (bicyclic) bond motifs is 3. The van der Waals surface area contributed by atoms with Gasteiger partial charge in [0.05, 0.1) is 34.7 Å². The van der Waals surface area contributed by atoms with Gasteiger partial charge in [-0.2, -0.15) is 5.26 Å². The number of pyridine rings is 1. The van der Waals surface area contributed by atoms with E-state index in [0.717, 1.165) is 22.1 Å². The maximum atomic E-state index is 9.14. The molecule has 0 aliphatic carbocycles. The van der Waals surface area contributed by atoms with E-state index in [4.69, 9.17) is 5.26 Å². The quantitative estimate of drug-likeness (QED) is 0.568. The number of hydrogen-bond donors (Lipinski definition) is 0. The minimum Gasteiger partial charge on any atom is -0.299 e. The molecule has 0 atom stereocenters. The standard InChI is InChI=1S/C13H9N3/c1-9-13-6-10(7-14)11-4-2-3-5-12(11)16(13)8-15-9/h2-6,8H,1H3. The summed E-state index contributed by atoms with van der Waals surface area (Å²) >= 11 is 0. The van der Waals surface area contributed by atoms with E-state index in [1.165, 1.54) is 0 Å². The number of para-hydroxylation sites is 1. The highest BCUT2D eigenvalue weighted by Gasteiger charge is 2.07. The fraction of sp³-hybridized carbons (Fsp3) is 0.0769. The van der Waals surface area contributed by atoms with Crippen LogP contribution in [-0.2, 0) is 0 Å². The fourth-order valence-electron chi connectivity index (χ4n) is 2.03.